The van der Waals surface area contributed by atoms with Crippen molar-refractivity contribution in [2.75, 3.05) is 19.8 Å². The highest BCUT2D eigenvalue weighted by atomic mass is 32.2. The number of carbonyl (C=O) groups excluding carboxylic acids is 1. The normalized spacial score (nSPS) is 10.9. The predicted octanol–water partition coefficient (Wildman–Crippen LogP) is 4.03. The van der Waals surface area contributed by atoms with Crippen molar-refractivity contribution in [3.05, 3.63) is 65.2 Å². The van der Waals surface area contributed by atoms with Crippen LogP contribution >= 0.6 is 11.8 Å². The van der Waals surface area contributed by atoms with Gasteiger partial charge in [0.05, 0.1) is 6.54 Å². The van der Waals surface area contributed by atoms with Gasteiger partial charge in [-0.25, -0.2) is 0 Å². The summed E-state index contributed by atoms with van der Waals surface area (Å²) in [5, 5.41) is 0. The topological polar surface area (TPSA) is 20.3 Å². The van der Waals surface area contributed by atoms with E-state index in [1.165, 1.54) is 16.0 Å². The molecule has 0 fully saturated rings. The first-order valence-electron chi connectivity index (χ1n) is 7.00. The molecule has 2 rings (SSSR count). The molecule has 0 saturated carbocycles. The molecule has 2 aromatic carbocycles. The van der Waals surface area contributed by atoms with Crippen LogP contribution in [0.15, 0.2) is 53.4 Å². The first-order chi connectivity index (χ1) is 10.1. The zero-order valence-electron chi connectivity index (χ0n) is 12.8. The molecule has 2 nitrogen and oxygen atoms in total. The Balaban J connectivity index is 1.95. The average molecular weight is 299 g/mol. The largest absolute Gasteiger partial charge is 0.295 e. The van der Waals surface area contributed by atoms with Gasteiger partial charge in [-0.15, -0.1) is 11.8 Å². The molecular weight excluding hydrogens is 278 g/mol. The number of aryl methyl sites for hydroxylation is 1. The van der Waals surface area contributed by atoms with Crippen molar-refractivity contribution >= 4 is 17.5 Å². The van der Waals surface area contributed by atoms with Crippen molar-refractivity contribution in [3.8, 4) is 0 Å². The highest BCUT2D eigenvalue weighted by Gasteiger charge is 2.10. The van der Waals surface area contributed by atoms with Crippen LogP contribution in [0.25, 0.3) is 0 Å². The first-order valence-corrected chi connectivity index (χ1v) is 8.22. The summed E-state index contributed by atoms with van der Waals surface area (Å²) < 4.78 is 0. The van der Waals surface area contributed by atoms with Crippen molar-refractivity contribution in [2.24, 2.45) is 0 Å². The second-order valence-corrected chi connectivity index (χ2v) is 6.19. The van der Waals surface area contributed by atoms with Crippen LogP contribution in [0.5, 0.6) is 0 Å². The van der Waals surface area contributed by atoms with E-state index >= 15 is 0 Å². The van der Waals surface area contributed by atoms with Gasteiger partial charge in [-0.05, 0) is 37.9 Å². The number of hydrogen-bond acceptors (Lipinski definition) is 3. The fourth-order valence-corrected chi connectivity index (χ4v) is 2.70. The Labute approximate surface area is 131 Å². The van der Waals surface area contributed by atoms with E-state index in [4.69, 9.17) is 0 Å². The van der Waals surface area contributed by atoms with E-state index in [-0.39, 0.29) is 5.78 Å². The average Bonchev–Trinajstić information content (AvgIpc) is 2.47. The van der Waals surface area contributed by atoms with E-state index in [0.717, 1.165) is 12.1 Å². The number of Topliss-reactive ketones (excluding diaryl/α,β-unsaturated/α-hetero) is 1. The molecule has 0 bridgehead atoms. The summed E-state index contributed by atoms with van der Waals surface area (Å²) in [6.07, 6.45) is 2.03. The Morgan fingerprint density at radius 2 is 1.86 bits per heavy atom. The maximum absolute atomic E-state index is 12.3. The molecule has 0 aromatic heterocycles. The number of nitrogens with zero attached hydrogens (tertiary/aromatic N) is 1. The number of benzene rings is 2. The van der Waals surface area contributed by atoms with Crippen molar-refractivity contribution in [3.63, 3.8) is 0 Å². The van der Waals surface area contributed by atoms with E-state index in [1.807, 2.05) is 37.6 Å². The highest BCUT2D eigenvalue weighted by molar-refractivity contribution is 7.98. The molecule has 0 aliphatic rings. The molecule has 0 aliphatic heterocycles. The van der Waals surface area contributed by atoms with Gasteiger partial charge in [-0.3, -0.25) is 9.69 Å². The predicted molar refractivity (Wildman–Crippen MR) is 90.1 cm³/mol. The summed E-state index contributed by atoms with van der Waals surface area (Å²) in [6, 6.07) is 16.2. The number of rotatable bonds is 6. The number of likely N-dealkylation sites (N-methyl/N-ethyl adjacent to an activating group) is 1. The molecule has 0 unspecified atom stereocenters. The molecule has 0 radical (unpaired) electrons. The SMILES string of the molecule is CSc1ccc(C(=O)CN(C)Cc2cccc(C)c2)cc1. The lowest BCUT2D eigenvalue weighted by Crippen LogP contribution is -2.25. The second kappa shape index (κ2) is 7.43. The number of carbonyl (C=O) groups is 1. The minimum absolute atomic E-state index is 0.165. The van der Waals surface area contributed by atoms with Crippen LogP contribution in [0.4, 0.5) is 0 Å². The van der Waals surface area contributed by atoms with Crippen LogP contribution in [0.2, 0.25) is 0 Å². The summed E-state index contributed by atoms with van der Waals surface area (Å²) in [5.74, 6) is 0.165. The number of ketones is 1. The second-order valence-electron chi connectivity index (χ2n) is 5.31. The summed E-state index contributed by atoms with van der Waals surface area (Å²) >= 11 is 1.68. The van der Waals surface area contributed by atoms with Crippen LogP contribution in [0.1, 0.15) is 21.5 Å². The molecule has 0 saturated heterocycles. The molecule has 0 heterocycles. The molecule has 0 amide bonds. The summed E-state index contributed by atoms with van der Waals surface area (Å²) in [5.41, 5.74) is 3.27. The standard InChI is InChI=1S/C18H21NOS/c1-14-5-4-6-15(11-14)12-19(2)13-18(20)16-7-9-17(21-3)10-8-16/h4-11H,12-13H2,1-3H3. The van der Waals surface area contributed by atoms with Gasteiger partial charge in [0.2, 0.25) is 0 Å². The lowest BCUT2D eigenvalue weighted by atomic mass is 10.1. The Bertz CT molecular complexity index is 607. The summed E-state index contributed by atoms with van der Waals surface area (Å²) in [7, 11) is 1.98. The Morgan fingerprint density at radius 3 is 2.48 bits per heavy atom. The maximum Gasteiger partial charge on any atom is 0.176 e. The summed E-state index contributed by atoms with van der Waals surface area (Å²) in [6.45, 7) is 3.31. The van der Waals surface area contributed by atoms with Gasteiger partial charge in [0.15, 0.2) is 5.78 Å². The zero-order valence-corrected chi connectivity index (χ0v) is 13.6. The van der Waals surface area contributed by atoms with Gasteiger partial charge < -0.3 is 0 Å². The fourth-order valence-electron chi connectivity index (χ4n) is 2.29. The Kier molecular flexibility index (Phi) is 5.59. The lowest BCUT2D eigenvalue weighted by Gasteiger charge is -2.16. The molecule has 0 N–H and O–H groups in total. The van der Waals surface area contributed by atoms with E-state index < -0.39 is 0 Å². The maximum atomic E-state index is 12.3. The number of hydrogen-bond donors (Lipinski definition) is 0. The minimum atomic E-state index is 0.165. The quantitative estimate of drug-likeness (QED) is 0.593. The van der Waals surface area contributed by atoms with E-state index in [1.54, 1.807) is 11.8 Å². The first kappa shape index (κ1) is 15.8. The van der Waals surface area contributed by atoms with Crippen LogP contribution in [-0.2, 0) is 6.54 Å². The minimum Gasteiger partial charge on any atom is -0.295 e. The van der Waals surface area contributed by atoms with Gasteiger partial charge in [0.25, 0.3) is 0 Å². The van der Waals surface area contributed by atoms with E-state index in [9.17, 15) is 4.79 Å². The molecule has 21 heavy (non-hydrogen) atoms. The Morgan fingerprint density at radius 1 is 1.14 bits per heavy atom. The van der Waals surface area contributed by atoms with Gasteiger partial charge in [-0.2, -0.15) is 0 Å². The van der Waals surface area contributed by atoms with Crippen LogP contribution in [0.3, 0.4) is 0 Å². The number of thioether (sulfide) groups is 1. The molecule has 2 aromatic rings. The molecule has 0 atom stereocenters. The van der Waals surface area contributed by atoms with E-state index in [2.05, 4.69) is 36.1 Å². The zero-order chi connectivity index (χ0) is 15.2. The smallest absolute Gasteiger partial charge is 0.176 e. The summed E-state index contributed by atoms with van der Waals surface area (Å²) in [4.78, 5) is 15.5. The van der Waals surface area contributed by atoms with Crippen molar-refractivity contribution in [2.45, 2.75) is 18.4 Å². The monoisotopic (exact) mass is 299 g/mol. The van der Waals surface area contributed by atoms with Crippen molar-refractivity contribution < 1.29 is 4.79 Å². The van der Waals surface area contributed by atoms with Crippen molar-refractivity contribution in [1.29, 1.82) is 0 Å². The van der Waals surface area contributed by atoms with E-state index in [0.29, 0.717) is 6.54 Å². The molecule has 0 aliphatic carbocycles. The lowest BCUT2D eigenvalue weighted by molar-refractivity contribution is 0.0943. The van der Waals surface area contributed by atoms with Crippen molar-refractivity contribution in [1.82, 2.24) is 4.90 Å². The third-order valence-electron chi connectivity index (χ3n) is 3.36. The molecular formula is C18H21NOS. The van der Waals surface area contributed by atoms with Gasteiger partial charge >= 0.3 is 0 Å². The van der Waals surface area contributed by atoms with Gasteiger partial charge in [0.1, 0.15) is 0 Å². The van der Waals surface area contributed by atoms with Gasteiger partial charge in [0, 0.05) is 17.0 Å². The Hall–Kier alpha value is -1.58. The van der Waals surface area contributed by atoms with Crippen LogP contribution < -0.4 is 0 Å². The fraction of sp³-hybridized carbons (Fsp3) is 0.278. The molecule has 0 spiro atoms. The molecule has 3 heteroatoms. The molecule has 110 valence electrons. The highest BCUT2D eigenvalue weighted by Crippen LogP contribution is 2.15. The third kappa shape index (κ3) is 4.73. The third-order valence-corrected chi connectivity index (χ3v) is 4.10. The van der Waals surface area contributed by atoms with Gasteiger partial charge in [-0.1, -0.05) is 42.0 Å². The van der Waals surface area contributed by atoms with Crippen LogP contribution in [0, 0.1) is 6.92 Å². The van der Waals surface area contributed by atoms with Crippen LogP contribution in [-0.4, -0.2) is 30.5 Å².